The Kier molecular flexibility index (Phi) is 3.06. The van der Waals surface area contributed by atoms with Gasteiger partial charge in [-0.05, 0) is 19.4 Å². The summed E-state index contributed by atoms with van der Waals surface area (Å²) in [7, 11) is 1.86. The van der Waals surface area contributed by atoms with Crippen molar-refractivity contribution in [1.29, 1.82) is 0 Å². The third-order valence-corrected chi connectivity index (χ3v) is 4.34. The Labute approximate surface area is 119 Å². The molecule has 2 N–H and O–H groups in total. The predicted molar refractivity (Wildman–Crippen MR) is 80.2 cm³/mol. The largest absolute Gasteiger partial charge is 0.361 e. The van der Waals surface area contributed by atoms with Crippen molar-refractivity contribution in [3.63, 3.8) is 0 Å². The van der Waals surface area contributed by atoms with Crippen molar-refractivity contribution in [1.82, 2.24) is 19.7 Å². The molecular weight excluding hydrogens is 274 g/mol. The Hall–Kier alpha value is -2.15. The summed E-state index contributed by atoms with van der Waals surface area (Å²) in [6.07, 6.45) is 1.85. The number of hydrogen-bond donors (Lipinski definition) is 2. The highest BCUT2D eigenvalue weighted by atomic mass is 32.1. The molecule has 0 saturated carbocycles. The van der Waals surface area contributed by atoms with Gasteiger partial charge in [-0.1, -0.05) is 0 Å². The second kappa shape index (κ2) is 4.75. The number of anilines is 1. The topological polar surface area (TPSA) is 75.6 Å². The number of hydrogen-bond acceptors (Lipinski definition) is 5. The van der Waals surface area contributed by atoms with Crippen LogP contribution in [0.1, 0.15) is 16.3 Å². The van der Waals surface area contributed by atoms with Gasteiger partial charge < -0.3 is 10.3 Å². The van der Waals surface area contributed by atoms with Crippen molar-refractivity contribution in [2.45, 2.75) is 20.4 Å². The number of H-pyrrole nitrogens is 1. The maximum atomic E-state index is 12.1. The van der Waals surface area contributed by atoms with Crippen molar-refractivity contribution in [2.24, 2.45) is 7.05 Å². The highest BCUT2D eigenvalue weighted by Crippen LogP contribution is 2.25. The molecule has 104 valence electrons. The molecule has 0 aliphatic carbocycles. The average molecular weight is 289 g/mol. The van der Waals surface area contributed by atoms with Crippen LogP contribution in [0.25, 0.3) is 10.2 Å². The number of rotatable bonds is 3. The summed E-state index contributed by atoms with van der Waals surface area (Å²) in [5, 5.41) is 8.06. The lowest BCUT2D eigenvalue weighted by atomic mass is 10.2. The summed E-state index contributed by atoms with van der Waals surface area (Å²) in [6, 6.07) is 1.87. The first-order valence-electron chi connectivity index (χ1n) is 6.27. The van der Waals surface area contributed by atoms with E-state index >= 15 is 0 Å². The predicted octanol–water partition coefficient (Wildman–Crippen LogP) is 1.95. The van der Waals surface area contributed by atoms with Crippen LogP contribution in [0, 0.1) is 13.8 Å². The standard InChI is InChI=1S/C13H15N5OS/c1-7-8(2)20-13-11(7)12(19)15-10(16-13)6-14-9-4-5-18(3)17-9/h4-5H,6H2,1-3H3,(H,14,17)(H,15,16,19). The zero-order chi connectivity index (χ0) is 14.3. The third kappa shape index (κ3) is 2.20. The average Bonchev–Trinajstić information content (AvgIpc) is 2.92. The highest BCUT2D eigenvalue weighted by Gasteiger charge is 2.11. The lowest BCUT2D eigenvalue weighted by molar-refractivity contribution is 0.767. The molecule has 0 radical (unpaired) electrons. The van der Waals surface area contributed by atoms with Crippen molar-refractivity contribution < 1.29 is 0 Å². The van der Waals surface area contributed by atoms with Gasteiger partial charge in [0.05, 0.1) is 11.9 Å². The summed E-state index contributed by atoms with van der Waals surface area (Å²) in [5.74, 6) is 1.38. The van der Waals surface area contributed by atoms with Gasteiger partial charge in [0.2, 0.25) is 0 Å². The quantitative estimate of drug-likeness (QED) is 0.772. The van der Waals surface area contributed by atoms with Gasteiger partial charge in [0, 0.05) is 24.2 Å². The van der Waals surface area contributed by atoms with E-state index in [4.69, 9.17) is 0 Å². The molecule has 20 heavy (non-hydrogen) atoms. The molecule has 0 aliphatic rings. The number of thiophene rings is 1. The molecule has 0 aliphatic heterocycles. The van der Waals surface area contributed by atoms with Gasteiger partial charge in [0.15, 0.2) is 0 Å². The minimum absolute atomic E-state index is 0.0744. The van der Waals surface area contributed by atoms with Gasteiger partial charge in [-0.15, -0.1) is 11.3 Å². The molecular formula is C13H15N5OS. The fourth-order valence-electron chi connectivity index (χ4n) is 2.07. The minimum Gasteiger partial charge on any atom is -0.361 e. The van der Waals surface area contributed by atoms with Crippen LogP contribution in [0.15, 0.2) is 17.1 Å². The summed E-state index contributed by atoms with van der Waals surface area (Å²) in [4.78, 5) is 21.4. The number of fused-ring (bicyclic) bond motifs is 1. The van der Waals surface area contributed by atoms with Gasteiger partial charge in [-0.3, -0.25) is 9.48 Å². The monoisotopic (exact) mass is 289 g/mol. The van der Waals surface area contributed by atoms with E-state index < -0.39 is 0 Å². The first-order chi connectivity index (χ1) is 9.54. The molecule has 0 amide bonds. The maximum absolute atomic E-state index is 12.1. The summed E-state index contributed by atoms with van der Waals surface area (Å²) >= 11 is 1.55. The summed E-state index contributed by atoms with van der Waals surface area (Å²) in [5.41, 5.74) is 0.942. The Bertz CT molecular complexity index is 829. The van der Waals surface area contributed by atoms with E-state index in [1.54, 1.807) is 16.0 Å². The molecule has 0 bridgehead atoms. The first-order valence-corrected chi connectivity index (χ1v) is 7.08. The third-order valence-electron chi connectivity index (χ3n) is 3.24. The van der Waals surface area contributed by atoms with Gasteiger partial charge in [-0.25, -0.2) is 4.98 Å². The molecule has 0 unspecified atom stereocenters. The Morgan fingerprint density at radius 1 is 1.45 bits per heavy atom. The Morgan fingerprint density at radius 3 is 2.95 bits per heavy atom. The van der Waals surface area contributed by atoms with Crippen molar-refractivity contribution in [2.75, 3.05) is 5.32 Å². The molecule has 0 aromatic carbocycles. The number of aromatic nitrogens is 4. The number of aromatic amines is 1. The molecule has 0 fully saturated rings. The number of nitrogens with zero attached hydrogens (tertiary/aromatic N) is 3. The Morgan fingerprint density at radius 2 is 2.25 bits per heavy atom. The molecule has 3 rings (SSSR count). The summed E-state index contributed by atoms with van der Waals surface area (Å²) in [6.45, 7) is 4.40. The fraction of sp³-hybridized carbons (Fsp3) is 0.308. The second-order valence-corrected chi connectivity index (χ2v) is 5.91. The molecule has 3 aromatic heterocycles. The molecule has 3 heterocycles. The van der Waals surface area contributed by atoms with Gasteiger partial charge in [-0.2, -0.15) is 5.10 Å². The van der Waals surface area contributed by atoms with Crippen molar-refractivity contribution >= 4 is 27.4 Å². The van der Waals surface area contributed by atoms with E-state index in [0.717, 1.165) is 21.1 Å². The van der Waals surface area contributed by atoms with Crippen LogP contribution < -0.4 is 10.9 Å². The fourth-order valence-corrected chi connectivity index (χ4v) is 3.12. The SMILES string of the molecule is Cc1sc2nc(CNc3ccn(C)n3)[nH]c(=O)c2c1C. The first kappa shape index (κ1) is 12.9. The lowest BCUT2D eigenvalue weighted by Crippen LogP contribution is -2.14. The smallest absolute Gasteiger partial charge is 0.259 e. The minimum atomic E-state index is -0.0744. The van der Waals surface area contributed by atoms with Gasteiger partial charge >= 0.3 is 0 Å². The number of aryl methyl sites for hydroxylation is 3. The van der Waals surface area contributed by atoms with Crippen molar-refractivity contribution in [3.05, 3.63) is 38.9 Å². The molecule has 0 spiro atoms. The second-order valence-electron chi connectivity index (χ2n) is 4.70. The van der Waals surface area contributed by atoms with Crippen LogP contribution in [-0.4, -0.2) is 19.7 Å². The van der Waals surface area contributed by atoms with Crippen LogP contribution >= 0.6 is 11.3 Å². The lowest BCUT2D eigenvalue weighted by Gasteiger charge is -2.02. The van der Waals surface area contributed by atoms with E-state index in [-0.39, 0.29) is 5.56 Å². The summed E-state index contributed by atoms with van der Waals surface area (Å²) < 4.78 is 1.72. The van der Waals surface area contributed by atoms with Crippen LogP contribution in [0.2, 0.25) is 0 Å². The highest BCUT2D eigenvalue weighted by molar-refractivity contribution is 7.18. The van der Waals surface area contributed by atoms with Gasteiger partial charge in [0.25, 0.3) is 5.56 Å². The van der Waals surface area contributed by atoms with E-state index in [1.807, 2.05) is 33.2 Å². The van der Waals surface area contributed by atoms with E-state index in [0.29, 0.717) is 17.8 Å². The van der Waals surface area contributed by atoms with Crippen LogP contribution in [-0.2, 0) is 13.6 Å². The zero-order valence-corrected chi connectivity index (χ0v) is 12.3. The van der Waals surface area contributed by atoms with Crippen LogP contribution in [0.5, 0.6) is 0 Å². The Balaban J connectivity index is 1.91. The van der Waals surface area contributed by atoms with Crippen LogP contribution in [0.4, 0.5) is 5.82 Å². The van der Waals surface area contributed by atoms with Crippen molar-refractivity contribution in [3.8, 4) is 0 Å². The molecule has 0 saturated heterocycles. The zero-order valence-electron chi connectivity index (χ0n) is 11.5. The molecule has 6 nitrogen and oxygen atoms in total. The molecule has 7 heteroatoms. The van der Waals surface area contributed by atoms with Gasteiger partial charge in [0.1, 0.15) is 16.5 Å². The van der Waals surface area contributed by atoms with Crippen LogP contribution in [0.3, 0.4) is 0 Å². The molecule has 0 atom stereocenters. The van der Waals surface area contributed by atoms with E-state index in [2.05, 4.69) is 20.4 Å². The number of nitrogens with one attached hydrogen (secondary N) is 2. The van der Waals surface area contributed by atoms with E-state index in [9.17, 15) is 4.79 Å². The maximum Gasteiger partial charge on any atom is 0.259 e. The van der Waals surface area contributed by atoms with E-state index in [1.165, 1.54) is 0 Å². The normalized spacial score (nSPS) is 11.2. The molecule has 3 aromatic rings.